The van der Waals surface area contributed by atoms with Gasteiger partial charge >= 0.3 is 0 Å². The van der Waals surface area contributed by atoms with Crippen molar-refractivity contribution in [2.24, 2.45) is 5.92 Å². The van der Waals surface area contributed by atoms with E-state index in [9.17, 15) is 0 Å². The maximum atomic E-state index is 8.77. The zero-order chi connectivity index (χ0) is 8.55. The maximum absolute atomic E-state index is 8.77. The Balaban J connectivity index is 2.06. The molecule has 2 N–H and O–H groups in total. The summed E-state index contributed by atoms with van der Waals surface area (Å²) in [5, 5.41) is 15.5. The standard InChI is InChI=1S/C8H12ClN3/c9-6-1-5(3-10)2-7-8(6)12-4-11-7/h5-8,11-12H,1-2,4H2. The van der Waals surface area contributed by atoms with Gasteiger partial charge in [-0.15, -0.1) is 11.6 Å². The minimum absolute atomic E-state index is 0.114. The number of alkyl halides is 1. The molecule has 0 bridgehead atoms. The molecule has 4 unspecified atom stereocenters. The fourth-order valence-corrected chi connectivity index (χ4v) is 2.59. The highest BCUT2D eigenvalue weighted by molar-refractivity contribution is 6.21. The fraction of sp³-hybridized carbons (Fsp3) is 0.875. The Kier molecular flexibility index (Phi) is 2.22. The van der Waals surface area contributed by atoms with Gasteiger partial charge < -0.3 is 5.32 Å². The lowest BCUT2D eigenvalue weighted by Crippen LogP contribution is -2.46. The SMILES string of the molecule is N#CC1CC(Cl)C2NCNC2C1. The van der Waals surface area contributed by atoms with E-state index in [-0.39, 0.29) is 11.3 Å². The molecular weight excluding hydrogens is 174 g/mol. The molecule has 4 atom stereocenters. The Hall–Kier alpha value is -0.300. The van der Waals surface area contributed by atoms with Crippen LogP contribution in [0.3, 0.4) is 0 Å². The number of hydrogen-bond acceptors (Lipinski definition) is 3. The van der Waals surface area contributed by atoms with Crippen LogP contribution in [0.25, 0.3) is 0 Å². The molecule has 1 aliphatic carbocycles. The molecule has 2 fully saturated rings. The lowest BCUT2D eigenvalue weighted by Gasteiger charge is -2.31. The van der Waals surface area contributed by atoms with E-state index in [0.29, 0.717) is 12.1 Å². The van der Waals surface area contributed by atoms with Gasteiger partial charge in [0.1, 0.15) is 0 Å². The van der Waals surface area contributed by atoms with Crippen LogP contribution in [0.2, 0.25) is 0 Å². The molecule has 2 rings (SSSR count). The van der Waals surface area contributed by atoms with Crippen molar-refractivity contribution in [1.29, 1.82) is 5.26 Å². The minimum atomic E-state index is 0.114. The highest BCUT2D eigenvalue weighted by atomic mass is 35.5. The number of nitrogens with one attached hydrogen (secondary N) is 2. The fourth-order valence-electron chi connectivity index (χ4n) is 2.11. The molecule has 1 aliphatic heterocycles. The van der Waals surface area contributed by atoms with E-state index < -0.39 is 0 Å². The van der Waals surface area contributed by atoms with E-state index in [0.717, 1.165) is 19.5 Å². The second-order valence-corrected chi connectivity index (χ2v) is 4.09. The highest BCUT2D eigenvalue weighted by Crippen LogP contribution is 2.29. The van der Waals surface area contributed by atoms with Gasteiger partial charge in [0.2, 0.25) is 0 Å². The average Bonchev–Trinajstić information content (AvgIpc) is 2.52. The second kappa shape index (κ2) is 3.21. The quantitative estimate of drug-likeness (QED) is 0.538. The van der Waals surface area contributed by atoms with E-state index in [4.69, 9.17) is 16.9 Å². The van der Waals surface area contributed by atoms with Crippen molar-refractivity contribution < 1.29 is 0 Å². The van der Waals surface area contributed by atoms with Gasteiger partial charge in [0.25, 0.3) is 0 Å². The van der Waals surface area contributed by atoms with E-state index in [2.05, 4.69) is 16.7 Å². The maximum Gasteiger partial charge on any atom is 0.0656 e. The molecule has 0 amide bonds. The normalized spacial score (nSPS) is 46.7. The van der Waals surface area contributed by atoms with Crippen molar-refractivity contribution in [3.63, 3.8) is 0 Å². The van der Waals surface area contributed by atoms with Gasteiger partial charge in [0.05, 0.1) is 11.4 Å². The molecule has 66 valence electrons. The molecule has 0 aromatic rings. The minimum Gasteiger partial charge on any atom is -0.300 e. The predicted molar refractivity (Wildman–Crippen MR) is 46.7 cm³/mol. The van der Waals surface area contributed by atoms with Crippen LogP contribution >= 0.6 is 11.6 Å². The third-order valence-corrected chi connectivity index (χ3v) is 3.21. The van der Waals surface area contributed by atoms with Crippen LogP contribution in [-0.4, -0.2) is 24.1 Å². The van der Waals surface area contributed by atoms with Crippen LogP contribution in [-0.2, 0) is 0 Å². The molecule has 0 radical (unpaired) electrons. The van der Waals surface area contributed by atoms with E-state index in [1.54, 1.807) is 0 Å². The molecule has 0 spiro atoms. The van der Waals surface area contributed by atoms with Crippen molar-refractivity contribution >= 4 is 11.6 Å². The molecule has 0 aromatic carbocycles. The Bertz CT molecular complexity index is 213. The van der Waals surface area contributed by atoms with Crippen molar-refractivity contribution in [2.45, 2.75) is 30.3 Å². The van der Waals surface area contributed by atoms with Crippen LogP contribution in [0, 0.1) is 17.2 Å². The summed E-state index contributed by atoms with van der Waals surface area (Å²) in [6.07, 6.45) is 1.77. The number of hydrogen-bond donors (Lipinski definition) is 2. The zero-order valence-electron chi connectivity index (χ0n) is 6.76. The average molecular weight is 186 g/mol. The molecule has 12 heavy (non-hydrogen) atoms. The van der Waals surface area contributed by atoms with Crippen LogP contribution in [0.15, 0.2) is 0 Å². The number of nitriles is 1. The zero-order valence-corrected chi connectivity index (χ0v) is 7.51. The summed E-state index contributed by atoms with van der Waals surface area (Å²) in [6, 6.07) is 3.07. The largest absolute Gasteiger partial charge is 0.300 e. The topological polar surface area (TPSA) is 47.9 Å². The number of nitrogens with zero attached hydrogens (tertiary/aromatic N) is 1. The summed E-state index contributed by atoms with van der Waals surface area (Å²) in [7, 11) is 0. The van der Waals surface area contributed by atoms with Gasteiger partial charge in [-0.2, -0.15) is 5.26 Å². The lowest BCUT2D eigenvalue weighted by molar-refractivity contribution is 0.332. The van der Waals surface area contributed by atoms with Crippen molar-refractivity contribution in [3.05, 3.63) is 0 Å². The summed E-state index contributed by atoms with van der Waals surface area (Å²) in [4.78, 5) is 0. The summed E-state index contributed by atoms with van der Waals surface area (Å²) in [5.74, 6) is 0.140. The van der Waals surface area contributed by atoms with Gasteiger partial charge in [-0.25, -0.2) is 0 Å². The van der Waals surface area contributed by atoms with Gasteiger partial charge in [0, 0.05) is 24.7 Å². The number of rotatable bonds is 0. The molecule has 4 heteroatoms. The Morgan fingerprint density at radius 3 is 2.92 bits per heavy atom. The van der Waals surface area contributed by atoms with E-state index >= 15 is 0 Å². The Labute approximate surface area is 77.1 Å². The molecule has 2 aliphatic rings. The van der Waals surface area contributed by atoms with Crippen LogP contribution in [0.1, 0.15) is 12.8 Å². The molecule has 1 saturated heterocycles. The van der Waals surface area contributed by atoms with Gasteiger partial charge in [-0.3, -0.25) is 5.32 Å². The first-order chi connectivity index (χ1) is 5.81. The summed E-state index contributed by atoms with van der Waals surface area (Å²) in [5.41, 5.74) is 0. The summed E-state index contributed by atoms with van der Waals surface area (Å²) < 4.78 is 0. The number of halogens is 1. The molecule has 0 aromatic heterocycles. The van der Waals surface area contributed by atoms with E-state index in [1.165, 1.54) is 0 Å². The predicted octanol–water partition coefficient (Wildman–Crippen LogP) is 0.415. The van der Waals surface area contributed by atoms with Gasteiger partial charge in [0.15, 0.2) is 0 Å². The van der Waals surface area contributed by atoms with Crippen molar-refractivity contribution in [2.75, 3.05) is 6.67 Å². The highest BCUT2D eigenvalue weighted by Gasteiger charge is 2.39. The second-order valence-electron chi connectivity index (χ2n) is 3.53. The molecule has 1 saturated carbocycles. The van der Waals surface area contributed by atoms with E-state index in [1.807, 2.05) is 0 Å². The van der Waals surface area contributed by atoms with Crippen molar-refractivity contribution in [3.8, 4) is 6.07 Å². The van der Waals surface area contributed by atoms with Crippen LogP contribution in [0.4, 0.5) is 0 Å². The summed E-state index contributed by atoms with van der Waals surface area (Å²) in [6.45, 7) is 0.830. The Morgan fingerprint density at radius 2 is 2.17 bits per heavy atom. The smallest absolute Gasteiger partial charge is 0.0656 e. The molecule has 3 nitrogen and oxygen atoms in total. The first-order valence-electron chi connectivity index (χ1n) is 4.31. The first kappa shape index (κ1) is 8.31. The van der Waals surface area contributed by atoms with Crippen LogP contribution in [0.5, 0.6) is 0 Å². The summed E-state index contributed by atoms with van der Waals surface area (Å²) >= 11 is 6.14. The van der Waals surface area contributed by atoms with Gasteiger partial charge in [-0.1, -0.05) is 0 Å². The lowest BCUT2D eigenvalue weighted by atomic mass is 9.84. The first-order valence-corrected chi connectivity index (χ1v) is 4.75. The molecule has 1 heterocycles. The third-order valence-electron chi connectivity index (χ3n) is 2.76. The Morgan fingerprint density at radius 1 is 1.33 bits per heavy atom. The van der Waals surface area contributed by atoms with Crippen LogP contribution < -0.4 is 10.6 Å². The molecular formula is C8H12ClN3. The van der Waals surface area contributed by atoms with Gasteiger partial charge in [-0.05, 0) is 12.8 Å². The third kappa shape index (κ3) is 1.31. The van der Waals surface area contributed by atoms with Crippen molar-refractivity contribution in [1.82, 2.24) is 10.6 Å². The number of fused-ring (bicyclic) bond motifs is 1. The monoisotopic (exact) mass is 185 g/mol.